The fraction of sp³-hybridized carbons (Fsp3) is 0.571. The number of sulfone groups is 1. The fourth-order valence-electron chi connectivity index (χ4n) is 2.63. The summed E-state index contributed by atoms with van der Waals surface area (Å²) in [5.74, 6) is 0.618. The van der Waals surface area contributed by atoms with E-state index in [2.05, 4.69) is 5.32 Å². The maximum absolute atomic E-state index is 12.1. The highest BCUT2D eigenvalue weighted by Gasteiger charge is 2.34. The molecule has 2 rings (SSSR count). The molecule has 0 bridgehead atoms. The predicted octanol–water partition coefficient (Wildman–Crippen LogP) is 3.44. The Bertz CT molecular complexity index is 536. The number of hydrogen-bond acceptors (Lipinski definition) is 3. The summed E-state index contributed by atoms with van der Waals surface area (Å²) in [6.07, 6.45) is 4.28. The summed E-state index contributed by atoms with van der Waals surface area (Å²) in [6.45, 7) is 1.67. The van der Waals surface area contributed by atoms with Gasteiger partial charge in [0.15, 0.2) is 9.84 Å². The molecule has 0 aromatic heterocycles. The third kappa shape index (κ3) is 3.06. The lowest BCUT2D eigenvalue weighted by molar-refractivity contribution is 0.537. The third-order valence-electron chi connectivity index (χ3n) is 3.82. The van der Waals surface area contributed by atoms with Crippen molar-refractivity contribution < 1.29 is 8.42 Å². The van der Waals surface area contributed by atoms with Gasteiger partial charge in [0.05, 0.1) is 21.9 Å². The van der Waals surface area contributed by atoms with Gasteiger partial charge in [-0.25, -0.2) is 8.42 Å². The van der Waals surface area contributed by atoms with Crippen molar-refractivity contribution in [2.75, 3.05) is 16.9 Å². The molecule has 0 unspecified atom stereocenters. The first-order valence-corrected chi connectivity index (χ1v) is 8.88. The molecule has 0 atom stereocenters. The van der Waals surface area contributed by atoms with Crippen LogP contribution in [0.15, 0.2) is 29.2 Å². The molecule has 1 aromatic rings. The molecule has 0 radical (unpaired) electrons. The van der Waals surface area contributed by atoms with Crippen molar-refractivity contribution in [3.63, 3.8) is 0 Å². The van der Waals surface area contributed by atoms with Crippen LogP contribution in [-0.2, 0) is 9.84 Å². The van der Waals surface area contributed by atoms with Crippen LogP contribution in [0.3, 0.4) is 0 Å². The zero-order valence-electron chi connectivity index (χ0n) is 11.2. The first-order valence-electron chi connectivity index (χ1n) is 6.69. The minimum Gasteiger partial charge on any atom is -0.377 e. The van der Waals surface area contributed by atoms with Gasteiger partial charge in [-0.3, -0.25) is 0 Å². The van der Waals surface area contributed by atoms with Gasteiger partial charge in [-0.15, -0.1) is 11.6 Å². The zero-order valence-corrected chi connectivity index (χ0v) is 12.7. The van der Waals surface area contributed by atoms with Crippen molar-refractivity contribution in [1.82, 2.24) is 0 Å². The average Bonchev–Trinajstić information content (AvgIpc) is 2.88. The van der Waals surface area contributed by atoms with Crippen LogP contribution in [0.2, 0.25) is 0 Å². The normalized spacial score (nSPS) is 18.4. The predicted molar refractivity (Wildman–Crippen MR) is 79.7 cm³/mol. The van der Waals surface area contributed by atoms with E-state index in [1.165, 1.54) is 0 Å². The summed E-state index contributed by atoms with van der Waals surface area (Å²) in [5, 5.41) is 3.40. The van der Waals surface area contributed by atoms with Gasteiger partial charge in [0.25, 0.3) is 0 Å². The van der Waals surface area contributed by atoms with Crippen LogP contribution in [-0.4, -0.2) is 25.6 Å². The maximum atomic E-state index is 12.1. The van der Waals surface area contributed by atoms with Crippen LogP contribution in [0.25, 0.3) is 0 Å². The van der Waals surface area contributed by atoms with Crippen LogP contribution < -0.4 is 5.32 Å². The van der Waals surface area contributed by atoms with Crippen molar-refractivity contribution in [2.45, 2.75) is 43.0 Å². The smallest absolute Gasteiger partial charge is 0.180 e. The molecular weight excluding hydrogens is 282 g/mol. The number of para-hydroxylation sites is 1. The summed E-state index contributed by atoms with van der Waals surface area (Å²) in [6, 6.07) is 7.11. The van der Waals surface area contributed by atoms with Crippen LogP contribution in [0.5, 0.6) is 0 Å². The van der Waals surface area contributed by atoms with E-state index in [4.69, 9.17) is 11.6 Å². The van der Waals surface area contributed by atoms with Crippen LogP contribution >= 0.6 is 11.6 Å². The Labute approximate surface area is 120 Å². The molecule has 106 valence electrons. The van der Waals surface area contributed by atoms with Crippen molar-refractivity contribution in [1.29, 1.82) is 0 Å². The number of halogens is 1. The molecule has 1 aliphatic rings. The monoisotopic (exact) mass is 301 g/mol. The SMILES string of the molecule is CCS(=O)(=O)c1ccccc1NC1(CCl)CCCC1. The molecule has 5 heteroatoms. The van der Waals surface area contributed by atoms with Crippen molar-refractivity contribution >= 4 is 27.1 Å². The summed E-state index contributed by atoms with van der Waals surface area (Å²) in [4.78, 5) is 0.383. The van der Waals surface area contributed by atoms with Gasteiger partial charge in [-0.05, 0) is 25.0 Å². The Kier molecular flexibility index (Phi) is 4.41. The lowest BCUT2D eigenvalue weighted by Crippen LogP contribution is -2.37. The first kappa shape index (κ1) is 14.7. The highest BCUT2D eigenvalue weighted by Crippen LogP contribution is 2.36. The maximum Gasteiger partial charge on any atom is 0.180 e. The van der Waals surface area contributed by atoms with E-state index in [1.54, 1.807) is 19.1 Å². The van der Waals surface area contributed by atoms with Crippen molar-refractivity contribution in [3.05, 3.63) is 24.3 Å². The molecule has 19 heavy (non-hydrogen) atoms. The van der Waals surface area contributed by atoms with E-state index in [0.717, 1.165) is 25.7 Å². The molecule has 1 aliphatic carbocycles. The molecule has 1 aromatic carbocycles. The van der Waals surface area contributed by atoms with Gasteiger partial charge in [-0.1, -0.05) is 31.9 Å². The van der Waals surface area contributed by atoms with Gasteiger partial charge >= 0.3 is 0 Å². The second-order valence-electron chi connectivity index (χ2n) is 5.15. The Morgan fingerprint density at radius 1 is 1.26 bits per heavy atom. The lowest BCUT2D eigenvalue weighted by atomic mass is 10.00. The third-order valence-corrected chi connectivity index (χ3v) is 6.12. The standard InChI is InChI=1S/C14H20ClNO2S/c1-2-19(17,18)13-8-4-3-7-12(13)16-14(11-15)9-5-6-10-14/h3-4,7-8,16H,2,5-6,9-11H2,1H3. The molecule has 0 amide bonds. The Morgan fingerprint density at radius 3 is 2.47 bits per heavy atom. The highest BCUT2D eigenvalue weighted by atomic mass is 35.5. The summed E-state index contributed by atoms with van der Waals surface area (Å²) in [7, 11) is -3.21. The van der Waals surface area contributed by atoms with Gasteiger partial charge in [0.2, 0.25) is 0 Å². The van der Waals surface area contributed by atoms with Crippen LogP contribution in [0.4, 0.5) is 5.69 Å². The number of nitrogens with one attached hydrogen (secondary N) is 1. The number of anilines is 1. The van der Waals surface area contributed by atoms with E-state index in [9.17, 15) is 8.42 Å². The molecule has 3 nitrogen and oxygen atoms in total. The Hall–Kier alpha value is -0.740. The first-order chi connectivity index (χ1) is 9.03. The largest absolute Gasteiger partial charge is 0.377 e. The molecule has 0 saturated heterocycles. The lowest BCUT2D eigenvalue weighted by Gasteiger charge is -2.30. The van der Waals surface area contributed by atoms with Gasteiger partial charge in [0, 0.05) is 5.88 Å². The van der Waals surface area contributed by atoms with Crippen LogP contribution in [0.1, 0.15) is 32.6 Å². The summed E-state index contributed by atoms with van der Waals surface area (Å²) in [5.41, 5.74) is 0.535. The minimum absolute atomic E-state index is 0.111. The number of benzene rings is 1. The molecule has 0 heterocycles. The quantitative estimate of drug-likeness (QED) is 0.847. The van der Waals surface area contributed by atoms with E-state index in [-0.39, 0.29) is 11.3 Å². The number of alkyl halides is 1. The minimum atomic E-state index is -3.21. The van der Waals surface area contributed by atoms with Gasteiger partial charge in [0.1, 0.15) is 0 Å². The van der Waals surface area contributed by atoms with Crippen molar-refractivity contribution in [3.8, 4) is 0 Å². The van der Waals surface area contributed by atoms with E-state index >= 15 is 0 Å². The second kappa shape index (κ2) is 5.71. The Balaban J connectivity index is 2.36. The van der Waals surface area contributed by atoms with Gasteiger partial charge < -0.3 is 5.32 Å². The average molecular weight is 302 g/mol. The molecule has 0 aliphatic heterocycles. The second-order valence-corrected chi connectivity index (χ2v) is 7.66. The summed E-state index contributed by atoms with van der Waals surface area (Å²) < 4.78 is 24.2. The topological polar surface area (TPSA) is 46.2 Å². The summed E-state index contributed by atoms with van der Waals surface area (Å²) >= 11 is 6.10. The number of hydrogen-bond donors (Lipinski definition) is 1. The fourth-order valence-corrected chi connectivity index (χ4v) is 4.01. The van der Waals surface area contributed by atoms with E-state index in [0.29, 0.717) is 16.5 Å². The number of rotatable bonds is 5. The molecule has 1 N–H and O–H groups in total. The van der Waals surface area contributed by atoms with Crippen LogP contribution in [0, 0.1) is 0 Å². The zero-order chi connectivity index (χ0) is 13.9. The van der Waals surface area contributed by atoms with Gasteiger partial charge in [-0.2, -0.15) is 0 Å². The molecular formula is C14H20ClNO2S. The van der Waals surface area contributed by atoms with E-state index < -0.39 is 9.84 Å². The van der Waals surface area contributed by atoms with Crippen molar-refractivity contribution in [2.24, 2.45) is 0 Å². The Morgan fingerprint density at radius 2 is 1.89 bits per heavy atom. The highest BCUT2D eigenvalue weighted by molar-refractivity contribution is 7.91. The molecule has 0 spiro atoms. The van der Waals surface area contributed by atoms with E-state index in [1.807, 2.05) is 12.1 Å². The molecule has 1 fully saturated rings. The molecule has 1 saturated carbocycles.